The van der Waals surface area contributed by atoms with Crippen molar-refractivity contribution in [1.29, 1.82) is 0 Å². The summed E-state index contributed by atoms with van der Waals surface area (Å²) in [7, 11) is -4.09. The molecule has 51 heavy (non-hydrogen) atoms. The van der Waals surface area contributed by atoms with E-state index in [0.29, 0.717) is 18.3 Å². The number of hydrogen-bond donors (Lipinski definition) is 3. The van der Waals surface area contributed by atoms with Gasteiger partial charge in [0.2, 0.25) is 5.91 Å². The lowest BCUT2D eigenvalue weighted by molar-refractivity contribution is -0.115. The van der Waals surface area contributed by atoms with E-state index in [-0.39, 0.29) is 43.3 Å². The van der Waals surface area contributed by atoms with Crippen LogP contribution in [0.15, 0.2) is 59.5 Å². The maximum Gasteiger partial charge on any atom is 0.255 e. The summed E-state index contributed by atoms with van der Waals surface area (Å²) >= 11 is 18.3. The third-order valence-corrected chi connectivity index (χ3v) is 12.2. The predicted molar refractivity (Wildman–Crippen MR) is 210 cm³/mol. The number of sulfone groups is 1. The average Bonchev–Trinajstić information content (AvgIpc) is 3.10. The largest absolute Gasteiger partial charge is 0.506 e. The summed E-state index contributed by atoms with van der Waals surface area (Å²) in [5, 5.41) is 14.7. The fourth-order valence-electron chi connectivity index (χ4n) is 5.84. The number of phenolic OH excluding ortho intramolecular Hbond substituents is 1. The highest BCUT2D eigenvalue weighted by Gasteiger charge is 2.33. The molecule has 0 bridgehead atoms. The number of hydrogen-bond acceptors (Lipinski definition) is 6. The van der Waals surface area contributed by atoms with Crippen LogP contribution in [0.2, 0.25) is 15.1 Å². The summed E-state index contributed by atoms with van der Waals surface area (Å²) in [6, 6.07) is 12.9. The van der Waals surface area contributed by atoms with Crippen molar-refractivity contribution in [2.24, 2.45) is 5.92 Å². The number of aromatic hydroxyl groups is 1. The molecule has 3 N–H and O–H groups in total. The number of carbonyl (C=O) groups excluding carboxylic acids is 2. The van der Waals surface area contributed by atoms with Gasteiger partial charge in [-0.05, 0) is 73.7 Å². The van der Waals surface area contributed by atoms with E-state index in [0.717, 1.165) is 18.9 Å². The third kappa shape index (κ3) is 13.2. The van der Waals surface area contributed by atoms with E-state index in [1.54, 1.807) is 19.1 Å². The predicted octanol–water partition coefficient (Wildman–Crippen LogP) is 11.5. The Bertz CT molecular complexity index is 1680. The van der Waals surface area contributed by atoms with E-state index in [9.17, 15) is 23.1 Å². The van der Waals surface area contributed by atoms with E-state index in [1.807, 2.05) is 0 Å². The molecule has 0 saturated carbocycles. The SMILES string of the molecule is CCCCCCCCC(CCCCCC)COc1ccc(S(=O)(=O)C(CC)C(=O)Nc2cc(O)c(NC(=O)c3ccc(Cl)c(Cl)c3)cc2Cl)cc1. The summed E-state index contributed by atoms with van der Waals surface area (Å²) in [5.74, 6) is -0.761. The van der Waals surface area contributed by atoms with Gasteiger partial charge in [-0.3, -0.25) is 9.59 Å². The molecule has 3 aromatic carbocycles. The zero-order valence-electron chi connectivity index (χ0n) is 29.8. The molecule has 2 unspecified atom stereocenters. The molecule has 2 amide bonds. The van der Waals surface area contributed by atoms with Crippen molar-refractivity contribution in [3.8, 4) is 11.5 Å². The van der Waals surface area contributed by atoms with Crippen LogP contribution < -0.4 is 15.4 Å². The number of amides is 2. The molecular formula is C39H51Cl3N2O6S. The van der Waals surface area contributed by atoms with Crippen molar-refractivity contribution in [2.75, 3.05) is 17.2 Å². The highest BCUT2D eigenvalue weighted by molar-refractivity contribution is 7.92. The van der Waals surface area contributed by atoms with Crippen LogP contribution in [0.5, 0.6) is 11.5 Å². The van der Waals surface area contributed by atoms with Gasteiger partial charge < -0.3 is 20.5 Å². The van der Waals surface area contributed by atoms with E-state index in [2.05, 4.69) is 24.5 Å². The Balaban J connectivity index is 1.63. The summed E-state index contributed by atoms with van der Waals surface area (Å²) < 4.78 is 33.4. The zero-order chi connectivity index (χ0) is 37.4. The zero-order valence-corrected chi connectivity index (χ0v) is 32.9. The Kier molecular flexibility index (Phi) is 17.9. The van der Waals surface area contributed by atoms with Crippen LogP contribution in [-0.2, 0) is 14.6 Å². The van der Waals surface area contributed by atoms with Crippen LogP contribution in [0.1, 0.15) is 115 Å². The quantitative estimate of drug-likeness (QED) is 0.0689. The van der Waals surface area contributed by atoms with E-state index in [1.165, 1.54) is 101 Å². The molecule has 0 fully saturated rings. The summed E-state index contributed by atoms with van der Waals surface area (Å²) in [6.45, 7) is 6.62. The van der Waals surface area contributed by atoms with Crippen molar-refractivity contribution >= 4 is 67.8 Å². The number of carbonyl (C=O) groups is 2. The lowest BCUT2D eigenvalue weighted by Crippen LogP contribution is -2.34. The van der Waals surface area contributed by atoms with Crippen molar-refractivity contribution in [2.45, 2.75) is 114 Å². The normalized spacial score (nSPS) is 12.7. The average molecular weight is 782 g/mol. The molecule has 0 aliphatic carbocycles. The molecule has 8 nitrogen and oxygen atoms in total. The van der Waals surface area contributed by atoms with E-state index in [4.69, 9.17) is 39.5 Å². The number of ether oxygens (including phenoxy) is 1. The molecule has 3 rings (SSSR count). The van der Waals surface area contributed by atoms with Gasteiger partial charge in [-0.15, -0.1) is 0 Å². The molecule has 0 spiro atoms. The van der Waals surface area contributed by atoms with Crippen LogP contribution in [0.4, 0.5) is 11.4 Å². The van der Waals surface area contributed by atoms with Gasteiger partial charge in [0.05, 0.1) is 37.9 Å². The molecule has 2 atom stereocenters. The maximum atomic E-state index is 13.6. The van der Waals surface area contributed by atoms with Gasteiger partial charge in [0.15, 0.2) is 9.84 Å². The second-order valence-corrected chi connectivity index (χ2v) is 16.3. The van der Waals surface area contributed by atoms with Gasteiger partial charge in [-0.2, -0.15) is 0 Å². The lowest BCUT2D eigenvalue weighted by Gasteiger charge is -2.19. The molecule has 0 aliphatic heterocycles. The second kappa shape index (κ2) is 21.5. The fourth-order valence-corrected chi connectivity index (χ4v) is 7.97. The molecule has 3 aromatic rings. The Morgan fingerprint density at radius 3 is 1.94 bits per heavy atom. The van der Waals surface area contributed by atoms with Gasteiger partial charge in [0.1, 0.15) is 16.7 Å². The number of unbranched alkanes of at least 4 members (excludes halogenated alkanes) is 8. The number of nitrogens with one attached hydrogen (secondary N) is 2. The molecular weight excluding hydrogens is 731 g/mol. The Labute approximate surface area is 318 Å². The standard InChI is InChI=1S/C39H51Cl3N2O6S/c1-4-7-9-11-12-14-16-27(15-13-10-8-5-2)26-50-29-18-20-30(21-19-29)51(48,49)37(6-3)39(47)43-34-25-36(45)35(24-33(34)42)44-38(46)28-17-22-31(40)32(41)23-28/h17-25,27,37,45H,4-16,26H2,1-3H3,(H,43,47)(H,44,46). The number of benzene rings is 3. The topological polar surface area (TPSA) is 122 Å². The molecule has 0 saturated heterocycles. The fraction of sp³-hybridized carbons (Fsp3) is 0.487. The Morgan fingerprint density at radius 1 is 0.725 bits per heavy atom. The van der Waals surface area contributed by atoms with E-state index < -0.39 is 32.7 Å². The summed E-state index contributed by atoms with van der Waals surface area (Å²) in [6.07, 6.45) is 14.6. The second-order valence-electron chi connectivity index (χ2n) is 12.9. The molecule has 0 heterocycles. The molecule has 0 aromatic heterocycles. The van der Waals surface area contributed by atoms with Gasteiger partial charge in [0.25, 0.3) is 5.91 Å². The van der Waals surface area contributed by atoms with Crippen LogP contribution >= 0.6 is 34.8 Å². The minimum atomic E-state index is -4.09. The van der Waals surface area contributed by atoms with Crippen LogP contribution in [-0.4, -0.2) is 37.2 Å². The van der Waals surface area contributed by atoms with Crippen LogP contribution in [0, 0.1) is 5.92 Å². The molecule has 0 aliphatic rings. The van der Waals surface area contributed by atoms with Crippen LogP contribution in [0.3, 0.4) is 0 Å². The number of phenols is 1. The molecule has 12 heteroatoms. The first kappa shape index (κ1) is 42.4. The van der Waals surface area contributed by atoms with Crippen molar-refractivity contribution in [3.05, 3.63) is 75.2 Å². The first-order valence-corrected chi connectivity index (χ1v) is 20.7. The van der Waals surface area contributed by atoms with Gasteiger partial charge >= 0.3 is 0 Å². The van der Waals surface area contributed by atoms with E-state index >= 15 is 0 Å². The van der Waals surface area contributed by atoms with Gasteiger partial charge in [0, 0.05) is 11.6 Å². The Hall–Kier alpha value is -2.98. The molecule has 0 radical (unpaired) electrons. The number of halogens is 3. The van der Waals surface area contributed by atoms with Crippen LogP contribution in [0.25, 0.3) is 0 Å². The summed E-state index contributed by atoms with van der Waals surface area (Å²) in [5.41, 5.74) is 0.147. The van der Waals surface area contributed by atoms with Gasteiger partial charge in [-0.1, -0.05) is 120 Å². The number of rotatable bonds is 22. The smallest absolute Gasteiger partial charge is 0.255 e. The maximum absolute atomic E-state index is 13.6. The van der Waals surface area contributed by atoms with Crippen molar-refractivity contribution in [1.82, 2.24) is 0 Å². The minimum Gasteiger partial charge on any atom is -0.506 e. The first-order valence-electron chi connectivity index (χ1n) is 18.0. The summed E-state index contributed by atoms with van der Waals surface area (Å²) in [4.78, 5) is 26.0. The lowest BCUT2D eigenvalue weighted by atomic mass is 9.95. The minimum absolute atomic E-state index is 0.00523. The highest BCUT2D eigenvalue weighted by Crippen LogP contribution is 2.35. The van der Waals surface area contributed by atoms with Gasteiger partial charge in [-0.25, -0.2) is 8.42 Å². The monoisotopic (exact) mass is 780 g/mol. The molecule has 280 valence electrons. The first-order chi connectivity index (χ1) is 24.4. The van der Waals surface area contributed by atoms with Crippen molar-refractivity contribution in [3.63, 3.8) is 0 Å². The number of anilines is 2. The third-order valence-electron chi connectivity index (χ3n) is 8.88. The highest BCUT2D eigenvalue weighted by atomic mass is 35.5. The Morgan fingerprint density at radius 2 is 1.33 bits per heavy atom. The van der Waals surface area contributed by atoms with Crippen molar-refractivity contribution < 1.29 is 27.9 Å².